The molecule has 0 atom stereocenters. The van der Waals surface area contributed by atoms with Gasteiger partial charge in [0.25, 0.3) is 5.91 Å². The zero-order chi connectivity index (χ0) is 19.8. The van der Waals surface area contributed by atoms with Crippen LogP contribution in [-0.2, 0) is 20.9 Å². The quantitative estimate of drug-likeness (QED) is 0.584. The highest BCUT2D eigenvalue weighted by molar-refractivity contribution is 6.30. The third-order valence-corrected chi connectivity index (χ3v) is 3.87. The van der Waals surface area contributed by atoms with Crippen molar-refractivity contribution in [2.75, 3.05) is 13.2 Å². The maximum Gasteiger partial charge on any atom is 0.325 e. The first-order valence-electron chi connectivity index (χ1n) is 8.42. The average Bonchev–Trinajstić information content (AvgIpc) is 3.19. The lowest BCUT2D eigenvalue weighted by Crippen LogP contribution is -2.34. The number of carbonyl (C=O) groups excluding carboxylic acids is 2. The highest BCUT2D eigenvalue weighted by atomic mass is 35.5. The fourth-order valence-electron chi connectivity index (χ4n) is 2.23. The molecule has 0 aliphatic heterocycles. The molecule has 28 heavy (non-hydrogen) atoms. The highest BCUT2D eigenvalue weighted by Gasteiger charge is 2.11. The van der Waals surface area contributed by atoms with E-state index in [0.29, 0.717) is 22.2 Å². The smallest absolute Gasteiger partial charge is 0.325 e. The van der Waals surface area contributed by atoms with E-state index in [9.17, 15) is 9.59 Å². The third-order valence-electron chi connectivity index (χ3n) is 3.62. The predicted octanol–water partition coefficient (Wildman–Crippen LogP) is 3.23. The number of nitrogens with zero attached hydrogens (tertiary/aromatic N) is 1. The standard InChI is InChI=1S/C20H17ClN2O5/c21-15-8-6-14(7-9-15)18-10-17(28-23-18)12-27-20(25)11-22-19(24)13-26-16-4-2-1-3-5-16/h1-10H,11-13H2,(H,22,24). The van der Waals surface area contributed by atoms with Gasteiger partial charge in [-0.2, -0.15) is 0 Å². The molecule has 1 N–H and O–H groups in total. The molecule has 2 aromatic carbocycles. The second-order valence-electron chi connectivity index (χ2n) is 5.72. The van der Waals surface area contributed by atoms with Crippen LogP contribution in [0.5, 0.6) is 5.75 Å². The summed E-state index contributed by atoms with van der Waals surface area (Å²) in [6.45, 7) is -0.547. The molecule has 3 aromatic rings. The summed E-state index contributed by atoms with van der Waals surface area (Å²) < 4.78 is 15.5. The number of rotatable bonds is 8. The molecule has 144 valence electrons. The van der Waals surface area contributed by atoms with Crippen LogP contribution in [0, 0.1) is 0 Å². The summed E-state index contributed by atoms with van der Waals surface area (Å²) in [6, 6.07) is 17.7. The van der Waals surface area contributed by atoms with Crippen LogP contribution in [0.3, 0.4) is 0 Å². The van der Waals surface area contributed by atoms with Crippen molar-refractivity contribution in [2.45, 2.75) is 6.61 Å². The van der Waals surface area contributed by atoms with Crippen LogP contribution in [0.2, 0.25) is 5.02 Å². The van der Waals surface area contributed by atoms with Gasteiger partial charge in [-0.05, 0) is 24.3 Å². The minimum absolute atomic E-state index is 0.0875. The summed E-state index contributed by atoms with van der Waals surface area (Å²) in [6.07, 6.45) is 0. The fraction of sp³-hybridized carbons (Fsp3) is 0.150. The Hall–Kier alpha value is -3.32. The molecule has 0 aliphatic rings. The molecule has 0 bridgehead atoms. The number of aromatic nitrogens is 1. The van der Waals surface area contributed by atoms with Crippen molar-refractivity contribution in [3.8, 4) is 17.0 Å². The molecule has 8 heteroatoms. The highest BCUT2D eigenvalue weighted by Crippen LogP contribution is 2.21. The second-order valence-corrected chi connectivity index (χ2v) is 6.16. The average molecular weight is 401 g/mol. The van der Waals surface area contributed by atoms with E-state index in [1.807, 2.05) is 18.2 Å². The molecular weight excluding hydrogens is 384 g/mol. The number of carbonyl (C=O) groups is 2. The molecule has 0 radical (unpaired) electrons. The van der Waals surface area contributed by atoms with E-state index >= 15 is 0 Å². The summed E-state index contributed by atoms with van der Waals surface area (Å²) in [5.74, 6) is -0.0675. The van der Waals surface area contributed by atoms with Gasteiger partial charge in [-0.3, -0.25) is 9.59 Å². The number of esters is 1. The van der Waals surface area contributed by atoms with Gasteiger partial charge in [0.2, 0.25) is 0 Å². The summed E-state index contributed by atoms with van der Waals surface area (Å²) in [4.78, 5) is 23.5. The van der Waals surface area contributed by atoms with E-state index in [0.717, 1.165) is 5.56 Å². The van der Waals surface area contributed by atoms with Crippen LogP contribution in [-0.4, -0.2) is 30.2 Å². The van der Waals surface area contributed by atoms with Crippen LogP contribution in [0.15, 0.2) is 65.2 Å². The minimum atomic E-state index is -0.600. The molecule has 1 heterocycles. The monoisotopic (exact) mass is 400 g/mol. The van der Waals surface area contributed by atoms with Crippen molar-refractivity contribution in [3.05, 3.63) is 71.4 Å². The van der Waals surface area contributed by atoms with E-state index in [1.54, 1.807) is 42.5 Å². The van der Waals surface area contributed by atoms with Gasteiger partial charge in [-0.15, -0.1) is 0 Å². The van der Waals surface area contributed by atoms with E-state index in [1.165, 1.54) is 0 Å². The Balaban J connectivity index is 1.38. The van der Waals surface area contributed by atoms with Crippen molar-refractivity contribution < 1.29 is 23.6 Å². The van der Waals surface area contributed by atoms with Crippen LogP contribution in [0.1, 0.15) is 5.76 Å². The second kappa shape index (κ2) is 9.57. The fourth-order valence-corrected chi connectivity index (χ4v) is 2.35. The number of benzene rings is 2. The molecule has 0 spiro atoms. The molecule has 3 rings (SSSR count). The maximum absolute atomic E-state index is 11.8. The van der Waals surface area contributed by atoms with Crippen molar-refractivity contribution in [1.29, 1.82) is 0 Å². The topological polar surface area (TPSA) is 90.7 Å². The summed E-state index contributed by atoms with van der Waals surface area (Å²) >= 11 is 5.85. The van der Waals surface area contributed by atoms with Gasteiger partial charge in [-0.1, -0.05) is 47.1 Å². The van der Waals surface area contributed by atoms with Crippen molar-refractivity contribution >= 4 is 23.5 Å². The first-order valence-corrected chi connectivity index (χ1v) is 8.79. The van der Waals surface area contributed by atoms with E-state index in [-0.39, 0.29) is 19.8 Å². The Morgan fingerprint density at radius 2 is 1.82 bits per heavy atom. The Morgan fingerprint density at radius 3 is 2.57 bits per heavy atom. The van der Waals surface area contributed by atoms with E-state index < -0.39 is 11.9 Å². The Morgan fingerprint density at radius 1 is 1.07 bits per heavy atom. The Bertz CT molecular complexity index is 925. The first kappa shape index (κ1) is 19.4. The molecule has 0 saturated heterocycles. The Labute approximate surface area is 166 Å². The van der Waals surface area contributed by atoms with Crippen molar-refractivity contribution in [2.24, 2.45) is 0 Å². The minimum Gasteiger partial charge on any atom is -0.484 e. The number of hydrogen-bond donors (Lipinski definition) is 1. The third kappa shape index (κ3) is 5.85. The SMILES string of the molecule is O=C(COc1ccccc1)NCC(=O)OCc1cc(-c2ccc(Cl)cc2)no1. The lowest BCUT2D eigenvalue weighted by atomic mass is 10.1. The number of halogens is 1. The van der Waals surface area contributed by atoms with Crippen LogP contribution in [0.4, 0.5) is 0 Å². The van der Waals surface area contributed by atoms with Gasteiger partial charge < -0.3 is 19.3 Å². The van der Waals surface area contributed by atoms with Gasteiger partial charge in [0.05, 0.1) is 0 Å². The Kier molecular flexibility index (Phi) is 6.64. The number of amides is 1. The van der Waals surface area contributed by atoms with Gasteiger partial charge in [0.1, 0.15) is 18.0 Å². The zero-order valence-electron chi connectivity index (χ0n) is 14.8. The maximum atomic E-state index is 11.8. The van der Waals surface area contributed by atoms with Crippen molar-refractivity contribution in [1.82, 2.24) is 10.5 Å². The molecular formula is C20H17ClN2O5. The molecule has 0 saturated carbocycles. The molecule has 1 aromatic heterocycles. The van der Waals surface area contributed by atoms with Crippen LogP contribution < -0.4 is 10.1 Å². The molecule has 0 fully saturated rings. The number of nitrogens with one attached hydrogen (secondary N) is 1. The lowest BCUT2D eigenvalue weighted by Gasteiger charge is -2.07. The predicted molar refractivity (Wildman–Crippen MR) is 102 cm³/mol. The van der Waals surface area contributed by atoms with Crippen LogP contribution in [0.25, 0.3) is 11.3 Å². The summed E-state index contributed by atoms with van der Waals surface area (Å²) in [5, 5.41) is 6.98. The van der Waals surface area contributed by atoms with E-state index in [2.05, 4.69) is 10.5 Å². The van der Waals surface area contributed by atoms with Gasteiger partial charge >= 0.3 is 5.97 Å². The number of para-hydroxylation sites is 1. The van der Waals surface area contributed by atoms with Gasteiger partial charge in [0.15, 0.2) is 19.0 Å². The number of hydrogen-bond acceptors (Lipinski definition) is 6. The normalized spacial score (nSPS) is 10.3. The molecule has 7 nitrogen and oxygen atoms in total. The molecule has 0 unspecified atom stereocenters. The van der Waals surface area contributed by atoms with Gasteiger partial charge in [-0.25, -0.2) is 0 Å². The lowest BCUT2D eigenvalue weighted by molar-refractivity contribution is -0.145. The van der Waals surface area contributed by atoms with Gasteiger partial charge in [0, 0.05) is 16.7 Å². The number of ether oxygens (including phenoxy) is 2. The summed E-state index contributed by atoms with van der Waals surface area (Å²) in [7, 11) is 0. The van der Waals surface area contributed by atoms with E-state index in [4.69, 9.17) is 25.6 Å². The molecule has 0 aliphatic carbocycles. The summed E-state index contributed by atoms with van der Waals surface area (Å²) in [5.41, 5.74) is 1.44. The van der Waals surface area contributed by atoms with Crippen molar-refractivity contribution in [3.63, 3.8) is 0 Å². The first-order chi connectivity index (χ1) is 13.6. The van der Waals surface area contributed by atoms with Crippen LogP contribution >= 0.6 is 11.6 Å². The molecule has 1 amide bonds. The largest absolute Gasteiger partial charge is 0.484 e. The zero-order valence-corrected chi connectivity index (χ0v) is 15.5.